The van der Waals surface area contributed by atoms with Crippen LogP contribution in [0.4, 0.5) is 10.1 Å². The number of halogens is 2. The van der Waals surface area contributed by atoms with Gasteiger partial charge in [-0.1, -0.05) is 23.7 Å². The number of anilines is 1. The second-order valence-corrected chi connectivity index (χ2v) is 6.82. The van der Waals surface area contributed by atoms with E-state index in [0.717, 1.165) is 10.6 Å². The van der Waals surface area contributed by atoms with Crippen LogP contribution in [0.15, 0.2) is 50.5 Å². The average molecular weight is 357 g/mol. The minimum Gasteiger partial charge on any atom is -0.408 e. The van der Waals surface area contributed by atoms with Crippen molar-refractivity contribution in [1.82, 2.24) is 4.57 Å². The highest BCUT2D eigenvalue weighted by Gasteiger charge is 2.22. The maximum atomic E-state index is 13.6. The third-order valence-electron chi connectivity index (χ3n) is 3.25. The molecule has 0 saturated heterocycles. The number of para-hydroxylation sites is 1. The molecular weight excluding hydrogens is 347 g/mol. The zero-order chi connectivity index (χ0) is 16.8. The Morgan fingerprint density at radius 1 is 1.26 bits per heavy atom. The first-order valence-corrected chi connectivity index (χ1v) is 8.22. The third-order valence-corrected chi connectivity index (χ3v) is 5.08. The van der Waals surface area contributed by atoms with E-state index in [-0.39, 0.29) is 26.7 Å². The molecule has 0 aliphatic heterocycles. The SMILES string of the molecule is Cn1c(=O)oc2cc(Cl)c(S(=O)(=O)Nc3ccccc3F)cc21. The second-order valence-electron chi connectivity index (χ2n) is 4.76. The molecule has 0 bridgehead atoms. The van der Waals surface area contributed by atoms with Gasteiger partial charge in [0.1, 0.15) is 10.7 Å². The summed E-state index contributed by atoms with van der Waals surface area (Å²) >= 11 is 5.97. The molecule has 0 aliphatic carbocycles. The molecule has 0 radical (unpaired) electrons. The van der Waals surface area contributed by atoms with Crippen LogP contribution in [-0.4, -0.2) is 13.0 Å². The molecule has 0 unspecified atom stereocenters. The first-order chi connectivity index (χ1) is 10.8. The summed E-state index contributed by atoms with van der Waals surface area (Å²) in [5.41, 5.74) is 0.213. The molecule has 0 amide bonds. The van der Waals surface area contributed by atoms with E-state index in [1.54, 1.807) is 0 Å². The molecule has 0 spiro atoms. The van der Waals surface area contributed by atoms with Crippen LogP contribution in [0.3, 0.4) is 0 Å². The molecule has 23 heavy (non-hydrogen) atoms. The van der Waals surface area contributed by atoms with Crippen LogP contribution in [0.2, 0.25) is 5.02 Å². The molecule has 0 fully saturated rings. The summed E-state index contributed by atoms with van der Waals surface area (Å²) in [6.45, 7) is 0. The Hall–Kier alpha value is -2.32. The van der Waals surface area contributed by atoms with E-state index in [2.05, 4.69) is 4.72 Å². The minimum absolute atomic E-state index is 0.143. The lowest BCUT2D eigenvalue weighted by molar-refractivity contribution is 0.528. The lowest BCUT2D eigenvalue weighted by Gasteiger charge is -2.10. The van der Waals surface area contributed by atoms with Gasteiger partial charge in [0.25, 0.3) is 10.0 Å². The van der Waals surface area contributed by atoms with Gasteiger partial charge in [-0.2, -0.15) is 0 Å². The van der Waals surface area contributed by atoms with Crippen LogP contribution in [0.25, 0.3) is 11.1 Å². The number of fused-ring (bicyclic) bond motifs is 1. The largest absolute Gasteiger partial charge is 0.419 e. The van der Waals surface area contributed by atoms with Crippen molar-refractivity contribution in [3.63, 3.8) is 0 Å². The lowest BCUT2D eigenvalue weighted by Crippen LogP contribution is -2.15. The molecule has 1 aromatic heterocycles. The molecule has 0 saturated carbocycles. The van der Waals surface area contributed by atoms with Crippen molar-refractivity contribution in [2.24, 2.45) is 7.05 Å². The smallest absolute Gasteiger partial charge is 0.408 e. The van der Waals surface area contributed by atoms with E-state index in [1.807, 2.05) is 0 Å². The monoisotopic (exact) mass is 356 g/mol. The molecule has 0 atom stereocenters. The van der Waals surface area contributed by atoms with Crippen molar-refractivity contribution < 1.29 is 17.2 Å². The molecule has 2 aromatic carbocycles. The zero-order valence-electron chi connectivity index (χ0n) is 11.7. The zero-order valence-corrected chi connectivity index (χ0v) is 13.3. The number of oxazole rings is 1. The van der Waals surface area contributed by atoms with Gasteiger partial charge in [0.15, 0.2) is 5.58 Å². The Morgan fingerprint density at radius 2 is 1.96 bits per heavy atom. The van der Waals surface area contributed by atoms with Crippen molar-refractivity contribution in [3.8, 4) is 0 Å². The number of sulfonamides is 1. The number of aryl methyl sites for hydroxylation is 1. The number of aromatic nitrogens is 1. The van der Waals surface area contributed by atoms with Crippen LogP contribution in [0.1, 0.15) is 0 Å². The Kier molecular flexibility index (Phi) is 3.65. The van der Waals surface area contributed by atoms with E-state index < -0.39 is 21.6 Å². The highest BCUT2D eigenvalue weighted by atomic mass is 35.5. The fourth-order valence-electron chi connectivity index (χ4n) is 2.08. The van der Waals surface area contributed by atoms with Gasteiger partial charge in [-0.15, -0.1) is 0 Å². The molecule has 120 valence electrons. The van der Waals surface area contributed by atoms with E-state index >= 15 is 0 Å². The average Bonchev–Trinajstić information content (AvgIpc) is 2.75. The van der Waals surface area contributed by atoms with Crippen molar-refractivity contribution >= 4 is 38.4 Å². The Bertz CT molecular complexity index is 1070. The topological polar surface area (TPSA) is 81.3 Å². The van der Waals surface area contributed by atoms with Crippen LogP contribution in [0.5, 0.6) is 0 Å². The van der Waals surface area contributed by atoms with Crippen molar-refractivity contribution in [1.29, 1.82) is 0 Å². The van der Waals surface area contributed by atoms with Gasteiger partial charge in [0.2, 0.25) is 0 Å². The maximum Gasteiger partial charge on any atom is 0.419 e. The van der Waals surface area contributed by atoms with Crippen molar-refractivity contribution in [2.75, 3.05) is 4.72 Å². The minimum atomic E-state index is -4.14. The molecule has 1 heterocycles. The van der Waals surface area contributed by atoms with Crippen LogP contribution in [0, 0.1) is 5.82 Å². The van der Waals surface area contributed by atoms with Gasteiger partial charge in [0, 0.05) is 13.1 Å². The summed E-state index contributed by atoms with van der Waals surface area (Å²) in [4.78, 5) is 11.2. The fourth-order valence-corrected chi connectivity index (χ4v) is 3.68. The van der Waals surface area contributed by atoms with Gasteiger partial charge < -0.3 is 4.42 Å². The Balaban J connectivity index is 2.15. The number of hydrogen-bond donors (Lipinski definition) is 1. The van der Waals surface area contributed by atoms with Gasteiger partial charge in [-0.05, 0) is 18.2 Å². The third kappa shape index (κ3) is 2.71. The van der Waals surface area contributed by atoms with E-state index in [9.17, 15) is 17.6 Å². The quantitative estimate of drug-likeness (QED) is 0.782. The van der Waals surface area contributed by atoms with E-state index in [1.165, 1.54) is 37.4 Å². The lowest BCUT2D eigenvalue weighted by atomic mass is 10.3. The summed E-state index contributed by atoms with van der Waals surface area (Å²) in [5, 5.41) is -0.143. The fraction of sp³-hybridized carbons (Fsp3) is 0.0714. The van der Waals surface area contributed by atoms with Gasteiger partial charge in [0.05, 0.1) is 16.2 Å². The van der Waals surface area contributed by atoms with Crippen molar-refractivity contribution in [2.45, 2.75) is 4.90 Å². The van der Waals surface area contributed by atoms with E-state index in [0.29, 0.717) is 0 Å². The number of hydrogen-bond acceptors (Lipinski definition) is 4. The Labute approximate surface area is 135 Å². The summed E-state index contributed by atoms with van der Waals surface area (Å²) in [6, 6.07) is 7.77. The maximum absolute atomic E-state index is 13.6. The van der Waals surface area contributed by atoms with Crippen LogP contribution in [-0.2, 0) is 17.1 Å². The molecular formula is C14H10ClFN2O4S. The summed E-state index contributed by atoms with van der Waals surface area (Å²) < 4.78 is 46.8. The highest BCUT2D eigenvalue weighted by Crippen LogP contribution is 2.29. The second kappa shape index (κ2) is 5.39. The molecule has 6 nitrogen and oxygen atoms in total. The standard InChI is InChI=1S/C14H10ClFN2O4S/c1-18-11-7-13(8(15)6-12(11)22-14(18)19)23(20,21)17-10-5-3-2-4-9(10)16/h2-7,17H,1H3. The van der Waals surface area contributed by atoms with Crippen LogP contribution < -0.4 is 10.5 Å². The normalized spacial score (nSPS) is 11.8. The molecule has 1 N–H and O–H groups in total. The predicted octanol–water partition coefficient (Wildman–Crippen LogP) is 2.72. The number of nitrogens with one attached hydrogen (secondary N) is 1. The van der Waals surface area contributed by atoms with Crippen molar-refractivity contribution in [3.05, 3.63) is 57.8 Å². The summed E-state index contributed by atoms with van der Waals surface area (Å²) in [6.07, 6.45) is 0. The summed E-state index contributed by atoms with van der Waals surface area (Å²) in [5.74, 6) is -1.36. The van der Waals surface area contributed by atoms with Crippen LogP contribution >= 0.6 is 11.6 Å². The molecule has 3 rings (SSSR count). The molecule has 0 aliphatic rings. The number of benzene rings is 2. The van der Waals surface area contributed by atoms with E-state index in [4.69, 9.17) is 16.0 Å². The first kappa shape index (κ1) is 15.6. The first-order valence-electron chi connectivity index (χ1n) is 6.36. The van der Waals surface area contributed by atoms with Gasteiger partial charge >= 0.3 is 5.76 Å². The molecule has 9 heteroatoms. The Morgan fingerprint density at radius 3 is 2.65 bits per heavy atom. The number of nitrogens with zero attached hydrogens (tertiary/aromatic N) is 1. The highest BCUT2D eigenvalue weighted by molar-refractivity contribution is 7.92. The van der Waals surface area contributed by atoms with Gasteiger partial charge in [-0.3, -0.25) is 9.29 Å². The summed E-state index contributed by atoms with van der Waals surface area (Å²) in [7, 11) is -2.71. The predicted molar refractivity (Wildman–Crippen MR) is 83.7 cm³/mol. The van der Waals surface area contributed by atoms with Gasteiger partial charge in [-0.25, -0.2) is 17.6 Å². The number of rotatable bonds is 3. The molecule has 3 aromatic rings.